The molecule has 2 heterocycles. The van der Waals surface area contributed by atoms with Gasteiger partial charge in [0, 0.05) is 17.0 Å². The van der Waals surface area contributed by atoms with Gasteiger partial charge in [0.15, 0.2) is 11.5 Å². The third-order valence-corrected chi connectivity index (χ3v) is 12.7. The summed E-state index contributed by atoms with van der Waals surface area (Å²) in [5.74, 6) is -5.39. The summed E-state index contributed by atoms with van der Waals surface area (Å²) in [6.07, 6.45) is 7.03. The molecule has 6 atom stereocenters. The van der Waals surface area contributed by atoms with E-state index in [4.69, 9.17) is 16.3 Å². The summed E-state index contributed by atoms with van der Waals surface area (Å²) < 4.78 is 19.8. The second-order valence-electron chi connectivity index (χ2n) is 14.3. The largest absolute Gasteiger partial charge is 0.503 e. The third kappa shape index (κ3) is 5.13. The molecule has 2 aliphatic heterocycles. The van der Waals surface area contributed by atoms with Crippen LogP contribution >= 0.6 is 27.5 Å². The van der Waals surface area contributed by atoms with Crippen LogP contribution in [0.4, 0.5) is 10.1 Å². The number of phenolic OH excluding ortho intramolecular Hbond substituents is 1. The highest BCUT2D eigenvalue weighted by Crippen LogP contribution is 2.65. The number of ether oxygens (including phenoxy) is 1. The Morgan fingerprint density at radius 3 is 2.33 bits per heavy atom. The molecule has 3 aromatic rings. The normalized spacial score (nSPS) is 29.1. The van der Waals surface area contributed by atoms with Crippen LogP contribution in [-0.4, -0.2) is 51.8 Å². The number of methoxy groups -OCH3 is 1. The SMILES string of the molecule is COc1cc([C@H]2C3=CC[C@@H]4C(=O)N(C5CCCCC5)C(=O)[C@@H]4[C@@H]3C[C@H]3C(=O)N(Nc4ccc(F)cc4)C(=O)[C@@]23c2ccc(Cl)cc2)cc(Br)c1O. The molecule has 264 valence electrons. The van der Waals surface area contributed by atoms with Gasteiger partial charge in [-0.3, -0.25) is 29.5 Å². The van der Waals surface area contributed by atoms with Gasteiger partial charge in [0.05, 0.1) is 40.4 Å². The van der Waals surface area contributed by atoms with Crippen molar-refractivity contribution in [2.24, 2.45) is 23.7 Å². The lowest BCUT2D eigenvalue weighted by molar-refractivity contribution is -0.144. The van der Waals surface area contributed by atoms with Crippen LogP contribution in [0.2, 0.25) is 5.02 Å². The van der Waals surface area contributed by atoms with E-state index in [-0.39, 0.29) is 35.8 Å². The molecule has 8 rings (SSSR count). The van der Waals surface area contributed by atoms with E-state index in [0.29, 0.717) is 32.7 Å². The molecule has 2 N–H and O–H groups in total. The number of anilines is 1. The summed E-state index contributed by atoms with van der Waals surface area (Å²) in [6.45, 7) is 0. The minimum atomic E-state index is -1.54. The summed E-state index contributed by atoms with van der Waals surface area (Å²) in [6, 6.07) is 15.5. The smallest absolute Gasteiger partial charge is 0.260 e. The van der Waals surface area contributed by atoms with Crippen LogP contribution in [-0.2, 0) is 24.6 Å². The maximum Gasteiger partial charge on any atom is 0.260 e. The average Bonchev–Trinajstić information content (AvgIpc) is 3.51. The van der Waals surface area contributed by atoms with E-state index in [0.717, 1.165) is 42.7 Å². The van der Waals surface area contributed by atoms with E-state index in [1.165, 1.54) is 36.3 Å². The van der Waals surface area contributed by atoms with Crippen molar-refractivity contribution in [2.75, 3.05) is 12.5 Å². The molecular weight excluding hydrogens is 741 g/mol. The second-order valence-corrected chi connectivity index (χ2v) is 15.6. The van der Waals surface area contributed by atoms with Crippen LogP contribution in [0.3, 0.4) is 0 Å². The topological polar surface area (TPSA) is 116 Å². The number of halogens is 3. The molecule has 3 aromatic carbocycles. The molecule has 0 aromatic heterocycles. The lowest BCUT2D eigenvalue weighted by Gasteiger charge is -2.50. The maximum atomic E-state index is 15.3. The third-order valence-electron chi connectivity index (χ3n) is 11.8. The van der Waals surface area contributed by atoms with Gasteiger partial charge in [-0.05, 0) is 107 Å². The van der Waals surface area contributed by atoms with Gasteiger partial charge in [0.1, 0.15) is 5.82 Å². The number of nitrogens with zero attached hydrogens (tertiary/aromatic N) is 2. The average molecular weight is 777 g/mol. The quantitative estimate of drug-likeness (QED) is 0.200. The van der Waals surface area contributed by atoms with E-state index in [2.05, 4.69) is 21.4 Å². The fourth-order valence-corrected chi connectivity index (χ4v) is 10.3. The molecule has 0 unspecified atom stereocenters. The first-order valence-corrected chi connectivity index (χ1v) is 18.5. The van der Waals surface area contributed by atoms with Crippen molar-refractivity contribution in [1.82, 2.24) is 9.91 Å². The molecule has 2 saturated heterocycles. The summed E-state index contributed by atoms with van der Waals surface area (Å²) in [5, 5.41) is 12.3. The highest BCUT2D eigenvalue weighted by molar-refractivity contribution is 9.10. The monoisotopic (exact) mass is 775 g/mol. The van der Waals surface area contributed by atoms with Gasteiger partial charge in [-0.2, -0.15) is 5.01 Å². The van der Waals surface area contributed by atoms with E-state index in [9.17, 15) is 23.9 Å². The van der Waals surface area contributed by atoms with Crippen molar-refractivity contribution in [3.05, 3.63) is 98.8 Å². The minimum Gasteiger partial charge on any atom is -0.503 e. The summed E-state index contributed by atoms with van der Waals surface area (Å²) >= 11 is 9.85. The van der Waals surface area contributed by atoms with E-state index in [1.807, 2.05) is 6.08 Å². The van der Waals surface area contributed by atoms with Gasteiger partial charge in [0.2, 0.25) is 11.8 Å². The number of phenols is 1. The zero-order valence-corrected chi connectivity index (χ0v) is 30.1. The number of carbonyl (C=O) groups excluding carboxylic acids is 4. The molecule has 4 amide bonds. The molecule has 5 aliphatic rings. The standard InChI is InChI=1S/C39H36BrClFN3O6/c1-51-31-18-20(17-30(40)34(31)46)33-26-15-16-27-32(37(49)44(35(27)47)25-5-3-2-4-6-25)28(26)19-29-36(48)45(43-24-13-11-23(42)12-14-24)38(50)39(29,33)21-7-9-22(41)10-8-21/h7-15,17-18,25,27-29,32-33,43,46H,2-6,16,19H2,1H3/t27-,28+,29-,32-,33-,39+/m0/s1. The molecule has 9 nitrogen and oxygen atoms in total. The predicted molar refractivity (Wildman–Crippen MR) is 190 cm³/mol. The number of hydrazine groups is 1. The molecule has 2 saturated carbocycles. The molecule has 0 spiro atoms. The Morgan fingerprint density at radius 2 is 1.65 bits per heavy atom. The summed E-state index contributed by atoms with van der Waals surface area (Å²) in [4.78, 5) is 60.1. The van der Waals surface area contributed by atoms with Gasteiger partial charge in [-0.15, -0.1) is 0 Å². The first kappa shape index (κ1) is 33.9. The number of aromatic hydroxyl groups is 1. The Balaban J connectivity index is 1.33. The Morgan fingerprint density at radius 1 is 0.941 bits per heavy atom. The van der Waals surface area contributed by atoms with E-state index < -0.39 is 52.6 Å². The fourth-order valence-electron chi connectivity index (χ4n) is 9.67. The van der Waals surface area contributed by atoms with Crippen LogP contribution in [0.1, 0.15) is 62.0 Å². The molecule has 3 aliphatic carbocycles. The Hall–Kier alpha value is -4.22. The Kier molecular flexibility index (Phi) is 8.49. The highest BCUT2D eigenvalue weighted by atomic mass is 79.9. The van der Waals surface area contributed by atoms with Crippen molar-refractivity contribution >= 4 is 56.8 Å². The first-order valence-electron chi connectivity index (χ1n) is 17.4. The van der Waals surface area contributed by atoms with E-state index >= 15 is 4.79 Å². The van der Waals surface area contributed by atoms with Crippen LogP contribution in [0.5, 0.6) is 11.5 Å². The number of fused-ring (bicyclic) bond motifs is 4. The number of imide groups is 2. The van der Waals surface area contributed by atoms with Crippen LogP contribution in [0.25, 0.3) is 0 Å². The molecular formula is C39H36BrClFN3O6. The van der Waals surface area contributed by atoms with Gasteiger partial charge >= 0.3 is 0 Å². The number of allylic oxidation sites excluding steroid dienone is 2. The lowest BCUT2D eigenvalue weighted by Crippen LogP contribution is -2.53. The van der Waals surface area contributed by atoms with Crippen LogP contribution in [0, 0.1) is 29.5 Å². The number of benzene rings is 3. The molecule has 0 bridgehead atoms. The molecule has 4 fully saturated rings. The van der Waals surface area contributed by atoms with Crippen LogP contribution < -0.4 is 10.2 Å². The predicted octanol–water partition coefficient (Wildman–Crippen LogP) is 7.27. The number of likely N-dealkylation sites (tertiary alicyclic amines) is 1. The Bertz CT molecular complexity index is 1980. The van der Waals surface area contributed by atoms with Crippen molar-refractivity contribution in [2.45, 2.75) is 62.3 Å². The van der Waals surface area contributed by atoms with Crippen molar-refractivity contribution < 1.29 is 33.4 Å². The number of hydrogen-bond donors (Lipinski definition) is 2. The molecule has 12 heteroatoms. The molecule has 0 radical (unpaired) electrons. The van der Waals surface area contributed by atoms with Gasteiger partial charge in [0.25, 0.3) is 11.8 Å². The van der Waals surface area contributed by atoms with Crippen molar-refractivity contribution in [3.63, 3.8) is 0 Å². The van der Waals surface area contributed by atoms with Gasteiger partial charge in [-0.25, -0.2) is 4.39 Å². The number of rotatable bonds is 6. The van der Waals surface area contributed by atoms with Crippen molar-refractivity contribution in [1.29, 1.82) is 0 Å². The Labute approximate surface area is 307 Å². The highest BCUT2D eigenvalue weighted by Gasteiger charge is 2.70. The number of nitrogens with one attached hydrogen (secondary N) is 1. The van der Waals surface area contributed by atoms with Crippen molar-refractivity contribution in [3.8, 4) is 11.5 Å². The lowest BCUT2D eigenvalue weighted by atomic mass is 9.49. The molecule has 51 heavy (non-hydrogen) atoms. The fraction of sp³-hybridized carbons (Fsp3) is 0.385. The van der Waals surface area contributed by atoms with Gasteiger partial charge < -0.3 is 9.84 Å². The van der Waals surface area contributed by atoms with E-state index in [1.54, 1.807) is 36.4 Å². The number of amides is 4. The zero-order valence-electron chi connectivity index (χ0n) is 27.8. The van der Waals surface area contributed by atoms with Crippen LogP contribution in [0.15, 0.2) is 76.8 Å². The minimum absolute atomic E-state index is 0.128. The first-order chi connectivity index (χ1) is 24.6. The zero-order chi connectivity index (χ0) is 35.8. The summed E-state index contributed by atoms with van der Waals surface area (Å²) in [7, 11) is 1.43. The van der Waals surface area contributed by atoms with Gasteiger partial charge in [-0.1, -0.05) is 54.6 Å². The summed E-state index contributed by atoms with van der Waals surface area (Å²) in [5.41, 5.74) is 3.67. The maximum absolute atomic E-state index is 15.3. The number of carbonyl (C=O) groups is 4. The number of hydrogen-bond acceptors (Lipinski definition) is 7. The second kappa shape index (κ2) is 12.8.